The molecule has 0 N–H and O–H groups in total. The summed E-state index contributed by atoms with van der Waals surface area (Å²) < 4.78 is 21.4. The Balaban J connectivity index is 4.28. The SMILES string of the molecule is CC(C)S(=O)(=O)CC#N. The zero-order valence-corrected chi connectivity index (χ0v) is 6.27. The van der Waals surface area contributed by atoms with E-state index in [2.05, 4.69) is 0 Å². The van der Waals surface area contributed by atoms with Gasteiger partial charge in [-0.1, -0.05) is 0 Å². The highest BCUT2D eigenvalue weighted by molar-refractivity contribution is 7.92. The molecule has 0 aliphatic rings. The largest absolute Gasteiger partial charge is 0.228 e. The standard InChI is InChI=1S/C5H9NO2S/c1-5(2)9(7,8)4-3-6/h5H,4H2,1-2H3. The molecule has 0 amide bonds. The molecule has 0 unspecified atom stereocenters. The molecule has 0 saturated carbocycles. The third kappa shape index (κ3) is 2.47. The Labute approximate surface area is 55.2 Å². The van der Waals surface area contributed by atoms with Crippen LogP contribution in [-0.2, 0) is 9.84 Å². The van der Waals surface area contributed by atoms with Crippen molar-refractivity contribution in [3.8, 4) is 6.07 Å². The smallest absolute Gasteiger partial charge is 0.165 e. The van der Waals surface area contributed by atoms with Gasteiger partial charge in [0.25, 0.3) is 0 Å². The van der Waals surface area contributed by atoms with Crippen molar-refractivity contribution >= 4 is 9.84 Å². The van der Waals surface area contributed by atoms with E-state index in [-0.39, 0.29) is 5.75 Å². The molecule has 0 aliphatic heterocycles. The summed E-state index contributed by atoms with van der Waals surface area (Å²) in [7, 11) is -3.11. The molecule has 9 heavy (non-hydrogen) atoms. The zero-order chi connectivity index (χ0) is 7.49. The summed E-state index contributed by atoms with van der Waals surface area (Å²) >= 11 is 0. The van der Waals surface area contributed by atoms with E-state index in [0.717, 1.165) is 0 Å². The molecule has 0 aromatic heterocycles. The lowest BCUT2D eigenvalue weighted by Gasteiger charge is -2.00. The van der Waals surface area contributed by atoms with Crippen molar-refractivity contribution in [2.24, 2.45) is 0 Å². The third-order valence-electron chi connectivity index (χ3n) is 0.984. The molecule has 0 bridgehead atoms. The fourth-order valence-corrected chi connectivity index (χ4v) is 0.770. The summed E-state index contributed by atoms with van der Waals surface area (Å²) in [5.74, 6) is -0.370. The van der Waals surface area contributed by atoms with Gasteiger partial charge in [0, 0.05) is 0 Å². The summed E-state index contributed by atoms with van der Waals surface area (Å²) in [5.41, 5.74) is 0. The summed E-state index contributed by atoms with van der Waals surface area (Å²) in [6.07, 6.45) is 0. The topological polar surface area (TPSA) is 57.9 Å². The monoisotopic (exact) mass is 147 g/mol. The lowest BCUT2D eigenvalue weighted by molar-refractivity contribution is 0.591. The molecular formula is C5H9NO2S. The highest BCUT2D eigenvalue weighted by Crippen LogP contribution is 1.98. The van der Waals surface area contributed by atoms with Crippen molar-refractivity contribution < 1.29 is 8.42 Å². The summed E-state index contributed by atoms with van der Waals surface area (Å²) in [6, 6.07) is 1.60. The van der Waals surface area contributed by atoms with Gasteiger partial charge in [-0.3, -0.25) is 0 Å². The van der Waals surface area contributed by atoms with Crippen molar-refractivity contribution in [1.29, 1.82) is 5.26 Å². The summed E-state index contributed by atoms with van der Waals surface area (Å²) in [5, 5.41) is 7.59. The number of nitrogens with zero attached hydrogens (tertiary/aromatic N) is 1. The molecule has 0 spiro atoms. The van der Waals surface area contributed by atoms with Crippen LogP contribution in [0.5, 0.6) is 0 Å². The number of hydrogen-bond donors (Lipinski definition) is 0. The first-order valence-corrected chi connectivity index (χ1v) is 4.30. The second-order valence-electron chi connectivity index (χ2n) is 2.01. The van der Waals surface area contributed by atoms with E-state index in [4.69, 9.17) is 5.26 Å². The van der Waals surface area contributed by atoms with Crippen molar-refractivity contribution in [2.75, 3.05) is 5.75 Å². The Hall–Kier alpha value is -0.560. The predicted molar refractivity (Wildman–Crippen MR) is 34.5 cm³/mol. The second-order valence-corrected chi connectivity index (χ2v) is 4.57. The molecule has 0 heterocycles. The van der Waals surface area contributed by atoms with Gasteiger partial charge >= 0.3 is 0 Å². The van der Waals surface area contributed by atoms with Crippen LogP contribution in [-0.4, -0.2) is 19.4 Å². The normalized spacial score (nSPS) is 11.3. The van der Waals surface area contributed by atoms with E-state index in [1.165, 1.54) is 0 Å². The van der Waals surface area contributed by atoms with Crippen molar-refractivity contribution in [3.05, 3.63) is 0 Å². The van der Waals surface area contributed by atoms with Crippen molar-refractivity contribution in [2.45, 2.75) is 19.1 Å². The number of rotatable bonds is 2. The van der Waals surface area contributed by atoms with Gasteiger partial charge in [0.05, 0.1) is 11.3 Å². The molecule has 52 valence electrons. The van der Waals surface area contributed by atoms with Gasteiger partial charge in [-0.25, -0.2) is 8.42 Å². The maximum absolute atomic E-state index is 10.7. The number of sulfone groups is 1. The first kappa shape index (κ1) is 8.44. The highest BCUT2D eigenvalue weighted by atomic mass is 32.2. The van der Waals surface area contributed by atoms with Gasteiger partial charge in [-0.15, -0.1) is 0 Å². The Morgan fingerprint density at radius 1 is 1.56 bits per heavy atom. The van der Waals surface area contributed by atoms with Crippen molar-refractivity contribution in [3.63, 3.8) is 0 Å². The lowest BCUT2D eigenvalue weighted by Crippen LogP contribution is -2.16. The summed E-state index contributed by atoms with van der Waals surface area (Å²) in [6.45, 7) is 3.12. The van der Waals surface area contributed by atoms with Gasteiger partial charge in [-0.2, -0.15) is 5.26 Å². The lowest BCUT2D eigenvalue weighted by atomic mass is 10.6. The number of nitriles is 1. The fraction of sp³-hybridized carbons (Fsp3) is 0.800. The molecule has 4 heteroatoms. The van der Waals surface area contributed by atoms with Crippen LogP contribution in [0.4, 0.5) is 0 Å². The third-order valence-corrected chi connectivity index (χ3v) is 2.95. The van der Waals surface area contributed by atoms with E-state index >= 15 is 0 Å². The Kier molecular flexibility index (Phi) is 2.65. The van der Waals surface area contributed by atoms with Gasteiger partial charge < -0.3 is 0 Å². The first-order valence-electron chi connectivity index (χ1n) is 2.59. The molecule has 0 aliphatic carbocycles. The maximum atomic E-state index is 10.7. The van der Waals surface area contributed by atoms with E-state index in [0.29, 0.717) is 0 Å². The van der Waals surface area contributed by atoms with Crippen LogP contribution >= 0.6 is 0 Å². The molecule has 0 saturated heterocycles. The molecular weight excluding hydrogens is 138 g/mol. The van der Waals surface area contributed by atoms with Crippen LogP contribution in [0, 0.1) is 11.3 Å². The minimum Gasteiger partial charge on any atom is -0.228 e. The Morgan fingerprint density at radius 3 is 2.11 bits per heavy atom. The predicted octanol–water partition coefficient (Wildman–Crippen LogP) is 0.333. The molecule has 0 aromatic carbocycles. The van der Waals surface area contributed by atoms with E-state index in [1.54, 1.807) is 19.9 Å². The fourth-order valence-electron chi connectivity index (χ4n) is 0.257. The van der Waals surface area contributed by atoms with Crippen LogP contribution in [0.25, 0.3) is 0 Å². The van der Waals surface area contributed by atoms with E-state index < -0.39 is 15.1 Å². The van der Waals surface area contributed by atoms with E-state index in [9.17, 15) is 8.42 Å². The average Bonchev–Trinajstić information content (AvgIpc) is 1.65. The average molecular weight is 147 g/mol. The molecule has 0 radical (unpaired) electrons. The first-order chi connectivity index (χ1) is 4.00. The highest BCUT2D eigenvalue weighted by Gasteiger charge is 2.14. The second kappa shape index (κ2) is 2.83. The molecule has 0 aromatic rings. The van der Waals surface area contributed by atoms with Crippen LogP contribution in [0.15, 0.2) is 0 Å². The minimum atomic E-state index is -3.11. The Bertz CT molecular complexity index is 210. The Morgan fingerprint density at radius 2 is 2.00 bits per heavy atom. The maximum Gasteiger partial charge on any atom is 0.165 e. The molecule has 0 rings (SSSR count). The van der Waals surface area contributed by atoms with Crippen LogP contribution < -0.4 is 0 Å². The summed E-state index contributed by atoms with van der Waals surface area (Å²) in [4.78, 5) is 0. The van der Waals surface area contributed by atoms with Gasteiger partial charge in [0.1, 0.15) is 5.75 Å². The quantitative estimate of drug-likeness (QED) is 0.565. The number of hydrogen-bond acceptors (Lipinski definition) is 3. The van der Waals surface area contributed by atoms with Gasteiger partial charge in [-0.05, 0) is 13.8 Å². The minimum absolute atomic E-state index is 0.370. The van der Waals surface area contributed by atoms with Crippen LogP contribution in [0.2, 0.25) is 0 Å². The molecule has 0 fully saturated rings. The van der Waals surface area contributed by atoms with Crippen molar-refractivity contribution in [1.82, 2.24) is 0 Å². The van der Waals surface area contributed by atoms with Crippen LogP contribution in [0.1, 0.15) is 13.8 Å². The van der Waals surface area contributed by atoms with E-state index in [1.807, 2.05) is 0 Å². The van der Waals surface area contributed by atoms with Crippen LogP contribution in [0.3, 0.4) is 0 Å². The van der Waals surface area contributed by atoms with Gasteiger partial charge in [0.15, 0.2) is 9.84 Å². The van der Waals surface area contributed by atoms with Gasteiger partial charge in [0.2, 0.25) is 0 Å². The molecule has 0 atom stereocenters. The zero-order valence-electron chi connectivity index (χ0n) is 5.46. The molecule has 3 nitrogen and oxygen atoms in total.